The first-order valence-electron chi connectivity index (χ1n) is 9.42. The summed E-state index contributed by atoms with van der Waals surface area (Å²) in [6.45, 7) is 5.37. The maximum absolute atomic E-state index is 13.2. The summed E-state index contributed by atoms with van der Waals surface area (Å²) in [5, 5.41) is 3.44. The lowest BCUT2D eigenvalue weighted by Crippen LogP contribution is -2.48. The highest BCUT2D eigenvalue weighted by Crippen LogP contribution is 2.25. The van der Waals surface area contributed by atoms with Crippen molar-refractivity contribution in [1.29, 1.82) is 0 Å². The van der Waals surface area contributed by atoms with Crippen LogP contribution in [0.3, 0.4) is 0 Å². The first-order chi connectivity index (χ1) is 12.6. The van der Waals surface area contributed by atoms with Gasteiger partial charge in [-0.2, -0.15) is 0 Å². The van der Waals surface area contributed by atoms with Gasteiger partial charge in [-0.25, -0.2) is 0 Å². The highest BCUT2D eigenvalue weighted by molar-refractivity contribution is 5.94. The Balaban J connectivity index is 0.00000196. The van der Waals surface area contributed by atoms with Crippen molar-refractivity contribution >= 4 is 30.7 Å². The average Bonchev–Trinajstić information content (AvgIpc) is 2.67. The van der Waals surface area contributed by atoms with Crippen LogP contribution < -0.4 is 5.32 Å². The molecule has 3 rings (SSSR count). The molecule has 0 radical (unpaired) electrons. The van der Waals surface area contributed by atoms with Crippen LogP contribution in [0.25, 0.3) is 0 Å². The standard InChI is InChI=1S/C22H29N3O.2ClH/c1-4-17-8-10-19(11-9-17)21-15-23-12-13-25(21)22(26)20-7-5-6-18(14-20)16-24(2)3;;/h5-11,14,21,23H,4,12-13,15-16H2,1-3H3;2*1H. The SMILES string of the molecule is CCc1ccc(C2CNCCN2C(=O)c2cccc(CN(C)C)c2)cc1.Cl.Cl. The van der Waals surface area contributed by atoms with E-state index in [2.05, 4.69) is 47.5 Å². The van der Waals surface area contributed by atoms with Crippen molar-refractivity contribution in [3.05, 3.63) is 70.8 Å². The molecule has 1 N–H and O–H groups in total. The molecule has 0 aliphatic carbocycles. The molecule has 2 aromatic carbocycles. The van der Waals surface area contributed by atoms with Crippen molar-refractivity contribution < 1.29 is 4.79 Å². The topological polar surface area (TPSA) is 35.6 Å². The second-order valence-electron chi connectivity index (χ2n) is 7.25. The molecular formula is C22H31Cl2N3O. The Kier molecular flexibility index (Phi) is 9.97. The zero-order valence-electron chi connectivity index (χ0n) is 16.9. The van der Waals surface area contributed by atoms with E-state index in [1.54, 1.807) is 0 Å². The number of rotatable bonds is 5. The van der Waals surface area contributed by atoms with Gasteiger partial charge >= 0.3 is 0 Å². The van der Waals surface area contributed by atoms with Crippen LogP contribution in [0.2, 0.25) is 0 Å². The zero-order chi connectivity index (χ0) is 18.5. The van der Waals surface area contributed by atoms with Crippen molar-refractivity contribution in [3.8, 4) is 0 Å². The Bertz CT molecular complexity index is 750. The third-order valence-electron chi connectivity index (χ3n) is 4.95. The van der Waals surface area contributed by atoms with Gasteiger partial charge in [0.15, 0.2) is 0 Å². The molecule has 0 bridgehead atoms. The fourth-order valence-corrected chi connectivity index (χ4v) is 3.55. The van der Waals surface area contributed by atoms with Crippen molar-refractivity contribution in [2.45, 2.75) is 25.9 Å². The molecule has 1 aliphatic heterocycles. The summed E-state index contributed by atoms with van der Waals surface area (Å²) in [6.07, 6.45) is 1.03. The summed E-state index contributed by atoms with van der Waals surface area (Å²) < 4.78 is 0. The molecule has 154 valence electrons. The van der Waals surface area contributed by atoms with Gasteiger partial charge in [0.1, 0.15) is 0 Å². The Morgan fingerprint density at radius 3 is 2.46 bits per heavy atom. The van der Waals surface area contributed by atoms with Gasteiger partial charge in [-0.05, 0) is 49.3 Å². The third-order valence-corrected chi connectivity index (χ3v) is 4.95. The summed E-state index contributed by atoms with van der Waals surface area (Å²) >= 11 is 0. The summed E-state index contributed by atoms with van der Waals surface area (Å²) in [6, 6.07) is 16.8. The fraction of sp³-hybridized carbons (Fsp3) is 0.409. The Hall–Kier alpha value is -1.59. The quantitative estimate of drug-likeness (QED) is 0.790. The predicted octanol–water partition coefficient (Wildman–Crippen LogP) is 3.94. The van der Waals surface area contributed by atoms with E-state index >= 15 is 0 Å². The maximum Gasteiger partial charge on any atom is 0.254 e. The molecule has 4 nitrogen and oxygen atoms in total. The monoisotopic (exact) mass is 423 g/mol. The van der Waals surface area contributed by atoms with Crippen LogP contribution in [0.4, 0.5) is 0 Å². The average molecular weight is 424 g/mol. The van der Waals surface area contributed by atoms with Gasteiger partial charge < -0.3 is 15.1 Å². The van der Waals surface area contributed by atoms with Crippen LogP contribution in [0.5, 0.6) is 0 Å². The van der Waals surface area contributed by atoms with Crippen molar-refractivity contribution in [2.75, 3.05) is 33.7 Å². The number of amides is 1. The summed E-state index contributed by atoms with van der Waals surface area (Å²) in [5.74, 6) is 0.122. The number of carbonyl (C=O) groups is 1. The lowest BCUT2D eigenvalue weighted by Gasteiger charge is -2.36. The molecule has 1 amide bonds. The fourth-order valence-electron chi connectivity index (χ4n) is 3.55. The van der Waals surface area contributed by atoms with E-state index in [-0.39, 0.29) is 36.8 Å². The second kappa shape index (κ2) is 11.4. The van der Waals surface area contributed by atoms with Crippen molar-refractivity contribution in [3.63, 3.8) is 0 Å². The normalized spacial score (nSPS) is 16.3. The van der Waals surface area contributed by atoms with Crippen LogP contribution in [0.1, 0.15) is 40.0 Å². The lowest BCUT2D eigenvalue weighted by molar-refractivity contribution is 0.0634. The third kappa shape index (κ3) is 5.95. The molecule has 0 spiro atoms. The number of benzene rings is 2. The minimum atomic E-state index is 0. The van der Waals surface area contributed by atoms with E-state index in [1.165, 1.54) is 16.7 Å². The summed E-state index contributed by atoms with van der Waals surface area (Å²) in [7, 11) is 4.08. The van der Waals surface area contributed by atoms with Crippen LogP contribution >= 0.6 is 24.8 Å². The van der Waals surface area contributed by atoms with E-state index in [0.717, 1.165) is 38.2 Å². The van der Waals surface area contributed by atoms with Gasteiger partial charge in [0, 0.05) is 31.7 Å². The van der Waals surface area contributed by atoms with E-state index in [0.29, 0.717) is 0 Å². The van der Waals surface area contributed by atoms with Crippen LogP contribution in [-0.4, -0.2) is 49.4 Å². The van der Waals surface area contributed by atoms with Gasteiger partial charge in [-0.15, -0.1) is 24.8 Å². The van der Waals surface area contributed by atoms with Crippen LogP contribution in [0.15, 0.2) is 48.5 Å². The molecule has 1 fully saturated rings. The second-order valence-corrected chi connectivity index (χ2v) is 7.25. The summed E-state index contributed by atoms with van der Waals surface area (Å²) in [5.41, 5.74) is 4.47. The highest BCUT2D eigenvalue weighted by atomic mass is 35.5. The van der Waals surface area contributed by atoms with Crippen molar-refractivity contribution in [2.24, 2.45) is 0 Å². The van der Waals surface area contributed by atoms with E-state index in [4.69, 9.17) is 0 Å². The molecule has 2 aromatic rings. The summed E-state index contributed by atoms with van der Waals surface area (Å²) in [4.78, 5) is 17.4. The lowest BCUT2D eigenvalue weighted by atomic mass is 9.99. The van der Waals surface area contributed by atoms with E-state index in [9.17, 15) is 4.79 Å². The van der Waals surface area contributed by atoms with Gasteiger partial charge in [0.05, 0.1) is 6.04 Å². The first-order valence-corrected chi connectivity index (χ1v) is 9.42. The number of carbonyl (C=O) groups excluding carboxylic acids is 1. The Morgan fingerprint density at radius 1 is 1.11 bits per heavy atom. The van der Waals surface area contributed by atoms with Crippen LogP contribution in [-0.2, 0) is 13.0 Å². The van der Waals surface area contributed by atoms with Crippen molar-refractivity contribution in [1.82, 2.24) is 15.1 Å². The number of hydrogen-bond acceptors (Lipinski definition) is 3. The minimum absolute atomic E-state index is 0. The van der Waals surface area contributed by atoms with Gasteiger partial charge in [0.25, 0.3) is 5.91 Å². The molecule has 0 saturated carbocycles. The number of hydrogen-bond donors (Lipinski definition) is 1. The van der Waals surface area contributed by atoms with E-state index in [1.807, 2.05) is 37.2 Å². The number of aryl methyl sites for hydroxylation is 1. The highest BCUT2D eigenvalue weighted by Gasteiger charge is 2.28. The maximum atomic E-state index is 13.2. The molecule has 1 saturated heterocycles. The molecule has 0 aromatic heterocycles. The number of piperazine rings is 1. The minimum Gasteiger partial charge on any atom is -0.329 e. The first kappa shape index (κ1) is 24.4. The Morgan fingerprint density at radius 2 is 1.82 bits per heavy atom. The van der Waals surface area contributed by atoms with Gasteiger partial charge in [0.2, 0.25) is 0 Å². The molecule has 6 heteroatoms. The molecule has 28 heavy (non-hydrogen) atoms. The molecule has 1 heterocycles. The smallest absolute Gasteiger partial charge is 0.254 e. The molecule has 1 aliphatic rings. The van der Waals surface area contributed by atoms with Crippen LogP contribution in [0, 0.1) is 0 Å². The largest absolute Gasteiger partial charge is 0.329 e. The Labute approximate surface area is 181 Å². The number of nitrogens with zero attached hydrogens (tertiary/aromatic N) is 2. The predicted molar refractivity (Wildman–Crippen MR) is 121 cm³/mol. The van der Waals surface area contributed by atoms with Gasteiger partial charge in [-0.1, -0.05) is 43.3 Å². The zero-order valence-corrected chi connectivity index (χ0v) is 18.5. The number of nitrogens with one attached hydrogen (secondary N) is 1. The van der Waals surface area contributed by atoms with Gasteiger partial charge in [-0.3, -0.25) is 4.79 Å². The molecular weight excluding hydrogens is 393 g/mol. The molecule has 1 atom stereocenters. The molecule has 1 unspecified atom stereocenters. The number of halogens is 2. The van der Waals surface area contributed by atoms with E-state index < -0.39 is 0 Å².